The molecule has 2 aliphatic rings. The van der Waals surface area contributed by atoms with Gasteiger partial charge < -0.3 is 0 Å². The summed E-state index contributed by atoms with van der Waals surface area (Å²) in [6.07, 6.45) is 2.97. The van der Waals surface area contributed by atoms with Crippen LogP contribution in [-0.2, 0) is 0 Å². The molecule has 0 radical (unpaired) electrons. The lowest BCUT2D eigenvalue weighted by Crippen LogP contribution is -2.50. The molecule has 0 aromatic carbocycles. The predicted octanol–water partition coefficient (Wildman–Crippen LogP) is 2.76. The lowest BCUT2D eigenvalue weighted by atomic mass is 9.85. The van der Waals surface area contributed by atoms with Gasteiger partial charge in [0.25, 0.3) is 0 Å². The highest BCUT2D eigenvalue weighted by Gasteiger charge is 2.41. The largest absolute Gasteiger partial charge is 0.298 e. The van der Waals surface area contributed by atoms with E-state index in [9.17, 15) is 0 Å². The van der Waals surface area contributed by atoms with E-state index in [0.717, 1.165) is 17.8 Å². The summed E-state index contributed by atoms with van der Waals surface area (Å²) in [5.41, 5.74) is 0.390. The zero-order chi connectivity index (χ0) is 9.64. The SMILES string of the molecule is CC1[C@@H]2CC[C@H]1CN(C(C)(C)C)C2. The van der Waals surface area contributed by atoms with Crippen LogP contribution in [0.5, 0.6) is 0 Å². The van der Waals surface area contributed by atoms with E-state index in [-0.39, 0.29) is 0 Å². The molecule has 3 atom stereocenters. The van der Waals surface area contributed by atoms with Crippen LogP contribution in [0.25, 0.3) is 0 Å². The van der Waals surface area contributed by atoms with Gasteiger partial charge >= 0.3 is 0 Å². The lowest BCUT2D eigenvalue weighted by molar-refractivity contribution is 0.0446. The molecule has 0 spiro atoms. The zero-order valence-corrected chi connectivity index (χ0v) is 9.51. The highest BCUT2D eigenvalue weighted by atomic mass is 15.2. The van der Waals surface area contributed by atoms with Crippen LogP contribution in [0, 0.1) is 17.8 Å². The summed E-state index contributed by atoms with van der Waals surface area (Å²) in [7, 11) is 0. The summed E-state index contributed by atoms with van der Waals surface area (Å²) in [5.74, 6) is 2.99. The van der Waals surface area contributed by atoms with Crippen LogP contribution in [0.2, 0.25) is 0 Å². The van der Waals surface area contributed by atoms with Gasteiger partial charge in [-0.2, -0.15) is 0 Å². The molecule has 2 fully saturated rings. The maximum absolute atomic E-state index is 2.69. The standard InChI is InChI=1S/C12H23N/c1-9-10-5-6-11(9)8-13(7-10)12(2,3)4/h9-11H,5-8H2,1-4H3/t9?,10-,11+. The van der Waals surface area contributed by atoms with Crippen LogP contribution in [0.3, 0.4) is 0 Å². The van der Waals surface area contributed by atoms with E-state index in [1.54, 1.807) is 0 Å². The molecule has 2 rings (SSSR count). The Kier molecular flexibility index (Phi) is 2.18. The normalized spacial score (nSPS) is 41.1. The first-order chi connectivity index (χ1) is 5.98. The van der Waals surface area contributed by atoms with Gasteiger partial charge in [-0.1, -0.05) is 6.92 Å². The number of piperidine rings is 1. The molecule has 0 amide bonds. The van der Waals surface area contributed by atoms with Gasteiger partial charge in [0.1, 0.15) is 0 Å². The molecule has 0 aromatic heterocycles. The van der Waals surface area contributed by atoms with Gasteiger partial charge in [-0.25, -0.2) is 0 Å². The molecule has 1 saturated carbocycles. The molecule has 2 bridgehead atoms. The van der Waals surface area contributed by atoms with Crippen molar-refractivity contribution in [3.8, 4) is 0 Å². The first kappa shape index (κ1) is 9.51. The number of rotatable bonds is 0. The fourth-order valence-electron chi connectivity index (χ4n) is 3.04. The van der Waals surface area contributed by atoms with Crippen molar-refractivity contribution in [1.29, 1.82) is 0 Å². The maximum Gasteiger partial charge on any atom is 0.0125 e. The van der Waals surface area contributed by atoms with Gasteiger partial charge in [0.05, 0.1) is 0 Å². The summed E-state index contributed by atoms with van der Waals surface area (Å²) in [4.78, 5) is 2.69. The van der Waals surface area contributed by atoms with E-state index >= 15 is 0 Å². The Bertz CT molecular complexity index is 178. The predicted molar refractivity (Wildman–Crippen MR) is 56.7 cm³/mol. The molecule has 1 nitrogen and oxygen atoms in total. The van der Waals surface area contributed by atoms with Gasteiger partial charge in [0.2, 0.25) is 0 Å². The van der Waals surface area contributed by atoms with Crippen LogP contribution < -0.4 is 0 Å². The van der Waals surface area contributed by atoms with Gasteiger partial charge in [-0.05, 0) is 51.4 Å². The van der Waals surface area contributed by atoms with Crippen LogP contribution in [0.4, 0.5) is 0 Å². The molecule has 0 aromatic rings. The van der Waals surface area contributed by atoms with Crippen molar-refractivity contribution in [2.24, 2.45) is 17.8 Å². The molecule has 1 heterocycles. The highest BCUT2D eigenvalue weighted by Crippen LogP contribution is 2.43. The summed E-state index contributed by atoms with van der Waals surface area (Å²) >= 11 is 0. The minimum atomic E-state index is 0.390. The van der Waals surface area contributed by atoms with E-state index in [2.05, 4.69) is 32.6 Å². The third-order valence-corrected chi connectivity index (χ3v) is 4.25. The van der Waals surface area contributed by atoms with Crippen LogP contribution in [-0.4, -0.2) is 23.5 Å². The zero-order valence-electron chi connectivity index (χ0n) is 9.51. The molecule has 1 saturated heterocycles. The Labute approximate surface area is 82.5 Å². The average molecular weight is 181 g/mol. The minimum absolute atomic E-state index is 0.390. The van der Waals surface area contributed by atoms with E-state index in [1.807, 2.05) is 0 Å². The van der Waals surface area contributed by atoms with Crippen molar-refractivity contribution in [3.05, 3.63) is 0 Å². The summed E-state index contributed by atoms with van der Waals surface area (Å²) < 4.78 is 0. The average Bonchev–Trinajstić information content (AvgIpc) is 2.29. The number of fused-ring (bicyclic) bond motifs is 2. The summed E-state index contributed by atoms with van der Waals surface area (Å²) in [5, 5.41) is 0. The molecule has 13 heavy (non-hydrogen) atoms. The van der Waals surface area contributed by atoms with Gasteiger partial charge in [-0.3, -0.25) is 4.90 Å². The van der Waals surface area contributed by atoms with Crippen LogP contribution in [0.1, 0.15) is 40.5 Å². The topological polar surface area (TPSA) is 3.24 Å². The number of likely N-dealkylation sites (tertiary alicyclic amines) is 1. The van der Waals surface area contributed by atoms with Gasteiger partial charge in [0, 0.05) is 18.6 Å². The second kappa shape index (κ2) is 2.98. The Morgan fingerprint density at radius 2 is 1.46 bits per heavy atom. The minimum Gasteiger partial charge on any atom is -0.298 e. The lowest BCUT2D eigenvalue weighted by Gasteiger charge is -2.44. The van der Waals surface area contributed by atoms with E-state index in [4.69, 9.17) is 0 Å². The molecule has 76 valence electrons. The Balaban J connectivity index is 2.07. The molecular formula is C12H23N. The summed E-state index contributed by atoms with van der Waals surface area (Å²) in [6, 6.07) is 0. The monoisotopic (exact) mass is 181 g/mol. The quantitative estimate of drug-likeness (QED) is 0.555. The number of hydrogen-bond acceptors (Lipinski definition) is 1. The van der Waals surface area contributed by atoms with Crippen LogP contribution >= 0.6 is 0 Å². The molecule has 1 unspecified atom stereocenters. The van der Waals surface area contributed by atoms with Crippen molar-refractivity contribution < 1.29 is 0 Å². The maximum atomic E-state index is 2.69. The molecule has 1 aliphatic carbocycles. The number of hydrogen-bond donors (Lipinski definition) is 0. The second-order valence-electron chi connectivity index (χ2n) is 6.03. The molecule has 1 heteroatoms. The van der Waals surface area contributed by atoms with E-state index in [0.29, 0.717) is 5.54 Å². The Hall–Kier alpha value is -0.0400. The fraction of sp³-hybridized carbons (Fsp3) is 1.00. The third kappa shape index (κ3) is 1.63. The van der Waals surface area contributed by atoms with E-state index < -0.39 is 0 Å². The number of nitrogens with zero attached hydrogens (tertiary/aromatic N) is 1. The molecule has 1 aliphatic heterocycles. The Morgan fingerprint density at radius 1 is 1.00 bits per heavy atom. The summed E-state index contributed by atoms with van der Waals surface area (Å²) in [6.45, 7) is 12.2. The molecule has 0 N–H and O–H groups in total. The van der Waals surface area contributed by atoms with E-state index in [1.165, 1.54) is 25.9 Å². The Morgan fingerprint density at radius 3 is 1.85 bits per heavy atom. The second-order valence-corrected chi connectivity index (χ2v) is 6.03. The van der Waals surface area contributed by atoms with Gasteiger partial charge in [-0.15, -0.1) is 0 Å². The first-order valence-corrected chi connectivity index (χ1v) is 5.73. The third-order valence-electron chi connectivity index (χ3n) is 4.25. The smallest absolute Gasteiger partial charge is 0.0125 e. The highest BCUT2D eigenvalue weighted by molar-refractivity contribution is 4.94. The van der Waals surface area contributed by atoms with Crippen molar-refractivity contribution in [2.75, 3.05) is 13.1 Å². The van der Waals surface area contributed by atoms with Gasteiger partial charge in [0.15, 0.2) is 0 Å². The molecular weight excluding hydrogens is 158 g/mol. The first-order valence-electron chi connectivity index (χ1n) is 5.73. The fourth-order valence-corrected chi connectivity index (χ4v) is 3.04. The van der Waals surface area contributed by atoms with Crippen molar-refractivity contribution in [3.63, 3.8) is 0 Å². The van der Waals surface area contributed by atoms with Crippen LogP contribution in [0.15, 0.2) is 0 Å². The van der Waals surface area contributed by atoms with Crippen molar-refractivity contribution >= 4 is 0 Å². The van der Waals surface area contributed by atoms with Crippen molar-refractivity contribution in [1.82, 2.24) is 4.90 Å². The van der Waals surface area contributed by atoms with Crippen molar-refractivity contribution in [2.45, 2.75) is 46.1 Å².